The van der Waals surface area contributed by atoms with Crippen LogP contribution in [-0.2, 0) is 12.8 Å². The van der Waals surface area contributed by atoms with E-state index in [4.69, 9.17) is 0 Å². The molecule has 134 valence electrons. The summed E-state index contributed by atoms with van der Waals surface area (Å²) in [5, 5.41) is 6.64. The van der Waals surface area contributed by atoms with Gasteiger partial charge in [0.2, 0.25) is 0 Å². The van der Waals surface area contributed by atoms with Crippen molar-refractivity contribution >= 4 is 28.8 Å². The second-order valence-electron chi connectivity index (χ2n) is 7.41. The van der Waals surface area contributed by atoms with E-state index in [0.717, 1.165) is 23.4 Å². The largest absolute Gasteiger partial charge is 0.362 e. The highest BCUT2D eigenvalue weighted by molar-refractivity contribution is 7.14. The summed E-state index contributed by atoms with van der Waals surface area (Å²) in [5.74, 6) is 0.107. The number of anilines is 1. The molecule has 0 saturated carbocycles. The van der Waals surface area contributed by atoms with Gasteiger partial charge in [-0.25, -0.2) is 0 Å². The highest BCUT2D eigenvalue weighted by Crippen LogP contribution is 2.34. The van der Waals surface area contributed by atoms with Gasteiger partial charge in [-0.05, 0) is 43.0 Å². The number of fused-ring (bicyclic) bond motifs is 2. The van der Waals surface area contributed by atoms with Gasteiger partial charge in [-0.3, -0.25) is 9.59 Å². The van der Waals surface area contributed by atoms with E-state index >= 15 is 0 Å². The number of thiophene rings is 1. The van der Waals surface area contributed by atoms with E-state index in [9.17, 15) is 9.59 Å². The van der Waals surface area contributed by atoms with Gasteiger partial charge in [-0.15, -0.1) is 11.3 Å². The molecule has 1 aromatic heterocycles. The van der Waals surface area contributed by atoms with Crippen molar-refractivity contribution in [3.05, 3.63) is 51.2 Å². The van der Waals surface area contributed by atoms with Gasteiger partial charge in [0.1, 0.15) is 5.66 Å². The zero-order valence-electron chi connectivity index (χ0n) is 14.5. The normalized spacial score (nSPS) is 20.3. The number of carbonyl (C=O) groups is 2. The summed E-state index contributed by atoms with van der Waals surface area (Å²) in [4.78, 5) is 29.5. The molecule has 0 atom stereocenters. The van der Waals surface area contributed by atoms with Gasteiger partial charge in [-0.1, -0.05) is 12.1 Å². The molecule has 1 saturated heterocycles. The van der Waals surface area contributed by atoms with Gasteiger partial charge < -0.3 is 15.5 Å². The molecule has 0 unspecified atom stereocenters. The molecular weight excluding hydrogens is 346 g/mol. The van der Waals surface area contributed by atoms with Crippen LogP contribution in [0.1, 0.15) is 49.7 Å². The first kappa shape index (κ1) is 15.9. The lowest BCUT2D eigenvalue weighted by Crippen LogP contribution is -2.62. The second kappa shape index (κ2) is 5.84. The molecular formula is C20H21N3O2S. The number of likely N-dealkylation sites (tertiary alicyclic amines) is 1. The fraction of sp³-hybridized carbons (Fsp3) is 0.400. The molecule has 6 heteroatoms. The summed E-state index contributed by atoms with van der Waals surface area (Å²) in [7, 11) is 0. The van der Waals surface area contributed by atoms with Crippen molar-refractivity contribution in [1.29, 1.82) is 0 Å². The lowest BCUT2D eigenvalue weighted by Gasteiger charge is -2.45. The Morgan fingerprint density at radius 1 is 1.12 bits per heavy atom. The van der Waals surface area contributed by atoms with Crippen LogP contribution in [-0.4, -0.2) is 35.5 Å². The average Bonchev–Trinajstić information content (AvgIpc) is 3.24. The van der Waals surface area contributed by atoms with Gasteiger partial charge >= 0.3 is 0 Å². The molecule has 2 amide bonds. The Labute approximate surface area is 156 Å². The van der Waals surface area contributed by atoms with Crippen LogP contribution in [0.4, 0.5) is 5.69 Å². The van der Waals surface area contributed by atoms with Gasteiger partial charge in [0.25, 0.3) is 11.8 Å². The van der Waals surface area contributed by atoms with Crippen molar-refractivity contribution in [2.75, 3.05) is 18.4 Å². The Hall–Kier alpha value is -2.34. The fourth-order valence-electron chi connectivity index (χ4n) is 4.30. The zero-order valence-corrected chi connectivity index (χ0v) is 15.3. The molecule has 1 aromatic carbocycles. The molecule has 0 bridgehead atoms. The topological polar surface area (TPSA) is 61.4 Å². The van der Waals surface area contributed by atoms with E-state index in [2.05, 4.69) is 16.7 Å². The van der Waals surface area contributed by atoms with Gasteiger partial charge in [0.05, 0.1) is 10.4 Å². The fourth-order valence-corrected chi connectivity index (χ4v) is 5.52. The first-order chi connectivity index (χ1) is 12.6. The monoisotopic (exact) mass is 367 g/mol. The Bertz CT molecular complexity index is 875. The van der Waals surface area contributed by atoms with Crippen LogP contribution < -0.4 is 10.6 Å². The van der Waals surface area contributed by atoms with Crippen molar-refractivity contribution in [3.63, 3.8) is 0 Å². The molecule has 1 spiro atoms. The molecule has 1 fully saturated rings. The highest BCUT2D eigenvalue weighted by atomic mass is 32.1. The third kappa shape index (κ3) is 2.51. The molecule has 2 aliphatic heterocycles. The predicted molar refractivity (Wildman–Crippen MR) is 102 cm³/mol. The number of carbonyl (C=O) groups excluding carboxylic acids is 2. The average molecular weight is 367 g/mol. The van der Waals surface area contributed by atoms with Gasteiger partial charge in [-0.2, -0.15) is 0 Å². The maximum Gasteiger partial charge on any atom is 0.263 e. The van der Waals surface area contributed by atoms with Crippen LogP contribution in [0.3, 0.4) is 0 Å². The van der Waals surface area contributed by atoms with Crippen LogP contribution in [0.5, 0.6) is 0 Å². The summed E-state index contributed by atoms with van der Waals surface area (Å²) in [6.07, 6.45) is 4.87. The standard InChI is InChI=1S/C20H21N3O2S/c24-18-14-5-1-2-6-15(14)21-20(22-18)8-10-23(11-9-20)19(25)17-12-13-4-3-7-16(13)26-17/h1-2,5-6,12,21H,3-4,7-11H2,(H,22,24). The van der Waals surface area contributed by atoms with Crippen molar-refractivity contribution in [3.8, 4) is 0 Å². The van der Waals surface area contributed by atoms with E-state index in [1.165, 1.54) is 16.9 Å². The Balaban J connectivity index is 1.30. The number of amides is 2. The van der Waals surface area contributed by atoms with Gasteiger partial charge in [0.15, 0.2) is 0 Å². The minimum Gasteiger partial charge on any atom is -0.362 e. The Kier molecular flexibility index (Phi) is 3.57. The smallest absolute Gasteiger partial charge is 0.263 e. The number of para-hydroxylation sites is 1. The van der Waals surface area contributed by atoms with Gasteiger partial charge in [0, 0.05) is 36.5 Å². The Morgan fingerprint density at radius 2 is 1.92 bits per heavy atom. The molecule has 5 nitrogen and oxygen atoms in total. The first-order valence-electron chi connectivity index (χ1n) is 9.24. The van der Waals surface area contributed by atoms with E-state index < -0.39 is 5.66 Å². The molecule has 26 heavy (non-hydrogen) atoms. The SMILES string of the molecule is O=C1NC2(CCN(C(=O)c3cc4c(s3)CCC4)CC2)Nc2ccccc21. The summed E-state index contributed by atoms with van der Waals surface area (Å²) < 4.78 is 0. The summed E-state index contributed by atoms with van der Waals surface area (Å²) in [6, 6.07) is 9.68. The van der Waals surface area contributed by atoms with Crippen molar-refractivity contribution < 1.29 is 9.59 Å². The second-order valence-corrected chi connectivity index (χ2v) is 8.55. The van der Waals surface area contributed by atoms with Crippen LogP contribution in [0.15, 0.2) is 30.3 Å². The molecule has 2 aromatic rings. The number of piperidine rings is 1. The number of rotatable bonds is 1. The van der Waals surface area contributed by atoms with Crippen LogP contribution >= 0.6 is 11.3 Å². The Morgan fingerprint density at radius 3 is 2.73 bits per heavy atom. The molecule has 1 aliphatic carbocycles. The van der Waals surface area contributed by atoms with E-state index in [-0.39, 0.29) is 11.8 Å². The quantitative estimate of drug-likeness (QED) is 0.814. The third-order valence-electron chi connectivity index (χ3n) is 5.76. The molecule has 0 radical (unpaired) electrons. The van der Waals surface area contributed by atoms with Crippen LogP contribution in [0.2, 0.25) is 0 Å². The van der Waals surface area contributed by atoms with Crippen LogP contribution in [0, 0.1) is 0 Å². The summed E-state index contributed by atoms with van der Waals surface area (Å²) in [6.45, 7) is 1.30. The van der Waals surface area contributed by atoms with Crippen molar-refractivity contribution in [1.82, 2.24) is 10.2 Å². The predicted octanol–water partition coefficient (Wildman–Crippen LogP) is 3.02. The number of hydrogen-bond acceptors (Lipinski definition) is 4. The van der Waals surface area contributed by atoms with E-state index in [1.54, 1.807) is 11.3 Å². The molecule has 5 rings (SSSR count). The first-order valence-corrected chi connectivity index (χ1v) is 10.1. The minimum atomic E-state index is -0.445. The molecule has 3 heterocycles. The van der Waals surface area contributed by atoms with E-state index in [1.807, 2.05) is 29.2 Å². The molecule has 2 N–H and O–H groups in total. The maximum absolute atomic E-state index is 12.9. The lowest BCUT2D eigenvalue weighted by atomic mass is 9.92. The summed E-state index contributed by atoms with van der Waals surface area (Å²) in [5.41, 5.74) is 2.49. The zero-order chi connectivity index (χ0) is 17.7. The number of hydrogen-bond donors (Lipinski definition) is 2. The van der Waals surface area contributed by atoms with Crippen LogP contribution in [0.25, 0.3) is 0 Å². The third-order valence-corrected chi connectivity index (χ3v) is 6.99. The minimum absolute atomic E-state index is 0.0335. The maximum atomic E-state index is 12.9. The highest BCUT2D eigenvalue weighted by Gasteiger charge is 2.41. The number of benzene rings is 1. The number of aryl methyl sites for hydroxylation is 2. The van der Waals surface area contributed by atoms with Crippen molar-refractivity contribution in [2.24, 2.45) is 0 Å². The summed E-state index contributed by atoms with van der Waals surface area (Å²) >= 11 is 1.67. The number of nitrogens with one attached hydrogen (secondary N) is 2. The molecule has 3 aliphatic rings. The lowest BCUT2D eigenvalue weighted by molar-refractivity contribution is 0.0644. The van der Waals surface area contributed by atoms with E-state index in [0.29, 0.717) is 31.5 Å². The number of nitrogens with zero attached hydrogens (tertiary/aromatic N) is 1. The van der Waals surface area contributed by atoms with Crippen molar-refractivity contribution in [2.45, 2.75) is 37.8 Å².